The Morgan fingerprint density at radius 2 is 1.92 bits per heavy atom. The summed E-state index contributed by atoms with van der Waals surface area (Å²) in [5, 5.41) is 17.6. The highest BCUT2D eigenvalue weighted by Gasteiger charge is 2.65. The van der Waals surface area contributed by atoms with E-state index in [1.54, 1.807) is 4.90 Å². The van der Waals surface area contributed by atoms with Gasteiger partial charge in [0.15, 0.2) is 12.1 Å². The van der Waals surface area contributed by atoms with Gasteiger partial charge in [0.2, 0.25) is 5.91 Å². The zero-order chi connectivity index (χ0) is 34.2. The van der Waals surface area contributed by atoms with Crippen LogP contribution in [0.25, 0.3) is 0 Å². The number of likely N-dealkylation sites (tertiary alicyclic amines) is 1. The molecule has 4 heterocycles. The number of thioether (sulfide) groups is 1. The molecule has 5 fully saturated rings. The van der Waals surface area contributed by atoms with Crippen LogP contribution in [-0.4, -0.2) is 107 Å². The molecule has 6 aliphatic rings. The summed E-state index contributed by atoms with van der Waals surface area (Å²) in [4.78, 5) is 35.7. The molecule has 4 aliphatic heterocycles. The van der Waals surface area contributed by atoms with Crippen LogP contribution < -0.4 is 10.6 Å². The number of ether oxygens (including phenoxy) is 1. The normalized spacial score (nSPS) is 37.7. The molecule has 2 N–H and O–H groups in total. The number of amides is 1. The number of carbonyl (C=O) groups is 2. The molecule has 1 aromatic rings. The smallest absolute Gasteiger partial charge is 0.246 e. The van der Waals surface area contributed by atoms with Crippen molar-refractivity contribution in [1.82, 2.24) is 25.3 Å². The largest absolute Gasteiger partial charge is 0.348 e. The number of likely N-dealkylation sites (N-methyl/N-ethyl adjacent to an activating group) is 1. The molecule has 0 aromatic heterocycles. The van der Waals surface area contributed by atoms with Gasteiger partial charge in [-0.1, -0.05) is 50.5 Å². The summed E-state index contributed by atoms with van der Waals surface area (Å²) in [5.74, 6) is -0.0928. The van der Waals surface area contributed by atoms with Crippen LogP contribution in [0.2, 0.25) is 0 Å². The maximum Gasteiger partial charge on any atom is 0.246 e. The number of halogens is 1. The van der Waals surface area contributed by atoms with Crippen molar-refractivity contribution in [2.24, 2.45) is 11.8 Å². The van der Waals surface area contributed by atoms with E-state index in [0.29, 0.717) is 45.1 Å². The van der Waals surface area contributed by atoms with Crippen LogP contribution in [0.1, 0.15) is 76.2 Å². The lowest BCUT2D eigenvalue weighted by Crippen LogP contribution is -2.83. The van der Waals surface area contributed by atoms with Crippen molar-refractivity contribution in [3.8, 4) is 6.07 Å². The Labute approximate surface area is 295 Å². The molecule has 2 saturated carbocycles. The van der Waals surface area contributed by atoms with E-state index in [4.69, 9.17) is 4.74 Å². The average molecular weight is 693 g/mol. The van der Waals surface area contributed by atoms with Gasteiger partial charge in [0, 0.05) is 42.9 Å². The molecule has 8 atom stereocenters. The number of ketones is 1. The molecule has 1 aromatic carbocycles. The van der Waals surface area contributed by atoms with E-state index in [0.717, 1.165) is 55.5 Å². The third-order valence-corrected chi connectivity index (χ3v) is 14.4. The maximum absolute atomic E-state index is 16.5. The predicted molar refractivity (Wildman–Crippen MR) is 188 cm³/mol. The van der Waals surface area contributed by atoms with Gasteiger partial charge in [-0.2, -0.15) is 5.26 Å². The molecule has 7 unspecified atom stereocenters. The second-order valence-electron chi connectivity index (χ2n) is 15.3. The Morgan fingerprint density at radius 3 is 2.65 bits per heavy atom. The third-order valence-electron chi connectivity index (χ3n) is 12.8. The molecule has 9 nitrogen and oxygen atoms in total. The summed E-state index contributed by atoms with van der Waals surface area (Å²) in [7, 11) is 2.14. The van der Waals surface area contributed by atoms with Crippen LogP contribution in [0.5, 0.6) is 0 Å². The van der Waals surface area contributed by atoms with Crippen molar-refractivity contribution in [2.45, 2.75) is 123 Å². The van der Waals surface area contributed by atoms with E-state index in [1.165, 1.54) is 30.7 Å². The number of nitrogens with one attached hydrogen (secondary N) is 2. The quantitative estimate of drug-likeness (QED) is 0.313. The zero-order valence-corrected chi connectivity index (χ0v) is 29.8. The van der Waals surface area contributed by atoms with Gasteiger partial charge in [-0.25, -0.2) is 4.39 Å². The second kappa shape index (κ2) is 14.7. The van der Waals surface area contributed by atoms with Crippen molar-refractivity contribution < 1.29 is 18.7 Å². The van der Waals surface area contributed by atoms with E-state index in [9.17, 15) is 10.1 Å². The molecular weight excluding hydrogens is 640 g/mol. The minimum absolute atomic E-state index is 0.0455. The van der Waals surface area contributed by atoms with E-state index in [1.807, 2.05) is 24.3 Å². The van der Waals surface area contributed by atoms with Crippen molar-refractivity contribution >= 4 is 23.5 Å². The number of nitriles is 1. The zero-order valence-electron chi connectivity index (χ0n) is 29.0. The Morgan fingerprint density at radius 1 is 1.12 bits per heavy atom. The monoisotopic (exact) mass is 692 g/mol. The number of fused-ring (bicyclic) bond motifs is 2. The number of piperazine rings is 1. The van der Waals surface area contributed by atoms with Gasteiger partial charge in [0.05, 0.1) is 36.8 Å². The molecule has 0 bridgehead atoms. The number of alkyl halides is 1. The molecule has 3 saturated heterocycles. The van der Waals surface area contributed by atoms with Crippen LogP contribution in [0, 0.1) is 23.2 Å². The van der Waals surface area contributed by atoms with Crippen molar-refractivity contribution in [3.05, 3.63) is 42.5 Å². The minimum atomic E-state index is -1.27. The van der Waals surface area contributed by atoms with Crippen molar-refractivity contribution in [3.63, 3.8) is 0 Å². The topological polar surface area (TPSA) is 101 Å². The molecule has 1 spiro atoms. The van der Waals surface area contributed by atoms with Crippen molar-refractivity contribution in [2.75, 3.05) is 39.8 Å². The van der Waals surface area contributed by atoms with Gasteiger partial charge in [-0.05, 0) is 75.7 Å². The number of hydrogen-bond acceptors (Lipinski definition) is 9. The first-order valence-corrected chi connectivity index (χ1v) is 19.5. The molecule has 49 heavy (non-hydrogen) atoms. The highest BCUT2D eigenvalue weighted by molar-refractivity contribution is 8.01. The standard InChI is InChI=1S/C38H53FN6O3S/c1-3-33(46)45-22-21-44(24-28(45)17-19-40)38(27-12-6-4-5-7-13-27)30-16-18-37(32(39)23-26-11-8-9-15-31(26)49-37)35(47)34(30)41-36(42-38)48-25-29-14-10-20-43(29)2/h3,8-9,11,15,27-30,32,34,36,41-42H,1,4-7,10,12-14,16-18,20-25H2,2H3/t28?,29?,30?,32?,34?,36?,37-,38?/m0/s1. The van der Waals surface area contributed by atoms with Gasteiger partial charge in [0.25, 0.3) is 0 Å². The number of nitrogens with zero attached hydrogens (tertiary/aromatic N) is 4. The fourth-order valence-electron chi connectivity index (χ4n) is 10.2. The van der Waals surface area contributed by atoms with Gasteiger partial charge in [-0.15, -0.1) is 11.8 Å². The van der Waals surface area contributed by atoms with Gasteiger partial charge >= 0.3 is 0 Å². The highest BCUT2D eigenvalue weighted by Crippen LogP contribution is 2.55. The molecule has 2 aliphatic carbocycles. The Bertz CT molecular complexity index is 1430. The van der Waals surface area contributed by atoms with Crippen LogP contribution in [0.4, 0.5) is 4.39 Å². The van der Waals surface area contributed by atoms with E-state index >= 15 is 9.18 Å². The number of hydrogen-bond donors (Lipinski definition) is 2. The lowest BCUT2D eigenvalue weighted by Gasteiger charge is -2.64. The molecule has 266 valence electrons. The lowest BCUT2D eigenvalue weighted by atomic mass is 9.63. The van der Waals surface area contributed by atoms with Crippen LogP contribution in [-0.2, 0) is 20.7 Å². The van der Waals surface area contributed by atoms with Gasteiger partial charge in [-0.3, -0.25) is 25.1 Å². The van der Waals surface area contributed by atoms with E-state index in [2.05, 4.69) is 40.1 Å². The SMILES string of the molecule is C=CC(=O)N1CCN(C2(C3CCCCCC3)NC(OCC3CCCN3C)NC3C(=O)[C@@]4(CCC32)Sc2ccccc2CC4F)CC1CC#N. The lowest BCUT2D eigenvalue weighted by molar-refractivity contribution is -0.184. The van der Waals surface area contributed by atoms with Crippen LogP contribution in [0.15, 0.2) is 41.8 Å². The first kappa shape index (κ1) is 35.1. The van der Waals surface area contributed by atoms with Crippen LogP contribution in [0.3, 0.4) is 0 Å². The fraction of sp³-hybridized carbons (Fsp3) is 0.711. The average Bonchev–Trinajstić information content (AvgIpc) is 3.33. The number of rotatable bonds is 7. The maximum atomic E-state index is 16.5. The minimum Gasteiger partial charge on any atom is -0.348 e. The number of Topliss-reactive ketones (excluding diaryl/α,β-unsaturated/α-hetero) is 1. The molecule has 0 radical (unpaired) electrons. The Balaban J connectivity index is 1.28. The summed E-state index contributed by atoms with van der Waals surface area (Å²) in [6, 6.07) is 9.69. The summed E-state index contributed by atoms with van der Waals surface area (Å²) in [6.07, 6.45) is 9.97. The summed E-state index contributed by atoms with van der Waals surface area (Å²) < 4.78 is 22.1. The molecule has 1 amide bonds. The first-order valence-electron chi connectivity index (χ1n) is 18.7. The van der Waals surface area contributed by atoms with Crippen LogP contribution >= 0.6 is 11.8 Å². The third kappa shape index (κ3) is 6.40. The van der Waals surface area contributed by atoms with E-state index in [-0.39, 0.29) is 42.4 Å². The number of benzene rings is 1. The van der Waals surface area contributed by atoms with Crippen molar-refractivity contribution in [1.29, 1.82) is 5.26 Å². The number of carbonyl (C=O) groups excluding carboxylic acids is 2. The first-order chi connectivity index (χ1) is 23.8. The Hall–Kier alpha value is -2.33. The van der Waals surface area contributed by atoms with E-state index < -0.39 is 29.0 Å². The fourth-order valence-corrected chi connectivity index (χ4v) is 11.7. The van der Waals surface area contributed by atoms with Gasteiger partial charge < -0.3 is 14.5 Å². The summed E-state index contributed by atoms with van der Waals surface area (Å²) in [6.45, 7) is 6.92. The summed E-state index contributed by atoms with van der Waals surface area (Å²) >= 11 is 1.44. The molecule has 11 heteroatoms. The predicted octanol–water partition coefficient (Wildman–Crippen LogP) is 4.63. The van der Waals surface area contributed by atoms with Gasteiger partial charge in [0.1, 0.15) is 10.9 Å². The molecule has 7 rings (SSSR count). The highest BCUT2D eigenvalue weighted by atomic mass is 32.2. The Kier molecular flexibility index (Phi) is 10.5. The second-order valence-corrected chi connectivity index (χ2v) is 16.6. The summed E-state index contributed by atoms with van der Waals surface area (Å²) in [5.41, 5.74) is 0.355. The molecular formula is C38H53FN6O3S.